The summed E-state index contributed by atoms with van der Waals surface area (Å²) < 4.78 is 5.57. The second kappa shape index (κ2) is 6.91. The summed E-state index contributed by atoms with van der Waals surface area (Å²) in [6.07, 6.45) is 0. The van der Waals surface area contributed by atoms with Crippen molar-refractivity contribution in [2.24, 2.45) is 10.4 Å². The number of rotatable bonds is 5. The van der Waals surface area contributed by atoms with Crippen LogP contribution in [0.25, 0.3) is 0 Å². The first-order chi connectivity index (χ1) is 10.8. The largest absolute Gasteiger partial charge is 0.377 e. The van der Waals surface area contributed by atoms with Gasteiger partial charge in [-0.05, 0) is 31.9 Å². The van der Waals surface area contributed by atoms with Gasteiger partial charge in [0.2, 0.25) is 0 Å². The zero-order valence-electron chi connectivity index (χ0n) is 15.4. The maximum atomic E-state index is 5.57. The summed E-state index contributed by atoms with van der Waals surface area (Å²) in [6.45, 7) is 14.4. The van der Waals surface area contributed by atoms with E-state index in [9.17, 15) is 0 Å². The van der Waals surface area contributed by atoms with Crippen LogP contribution in [0.1, 0.15) is 45.7 Å². The fraction of sp³-hybridized carbons (Fsp3) is 0.632. The Bertz CT molecular complexity index is 563. The normalized spacial score (nSPS) is 19.4. The van der Waals surface area contributed by atoms with Crippen LogP contribution in [0.15, 0.2) is 29.3 Å². The van der Waals surface area contributed by atoms with Crippen molar-refractivity contribution in [1.82, 2.24) is 10.2 Å². The first kappa shape index (κ1) is 17.8. The van der Waals surface area contributed by atoms with Crippen LogP contribution < -0.4 is 5.32 Å². The smallest absolute Gasteiger partial charge is 0.194 e. The first-order valence-electron chi connectivity index (χ1n) is 8.46. The predicted octanol–water partition coefficient (Wildman–Crippen LogP) is 3.42. The van der Waals surface area contributed by atoms with E-state index >= 15 is 0 Å². The van der Waals surface area contributed by atoms with Gasteiger partial charge in [0, 0.05) is 37.7 Å². The van der Waals surface area contributed by atoms with Crippen LogP contribution >= 0.6 is 0 Å². The lowest BCUT2D eigenvalue weighted by Crippen LogP contribution is -2.72. The van der Waals surface area contributed by atoms with Gasteiger partial charge in [0.1, 0.15) is 0 Å². The van der Waals surface area contributed by atoms with Crippen molar-refractivity contribution >= 4 is 5.96 Å². The summed E-state index contributed by atoms with van der Waals surface area (Å²) in [7, 11) is 1.86. The van der Waals surface area contributed by atoms with Crippen molar-refractivity contribution < 1.29 is 4.74 Å². The van der Waals surface area contributed by atoms with E-state index in [2.05, 4.69) is 67.2 Å². The second-order valence-corrected chi connectivity index (χ2v) is 7.34. The van der Waals surface area contributed by atoms with E-state index < -0.39 is 0 Å². The van der Waals surface area contributed by atoms with Crippen LogP contribution in [0.5, 0.6) is 0 Å². The van der Waals surface area contributed by atoms with E-state index in [0.29, 0.717) is 12.0 Å². The molecule has 1 heterocycles. The molecule has 4 heteroatoms. The van der Waals surface area contributed by atoms with Crippen LogP contribution in [0.4, 0.5) is 0 Å². The van der Waals surface area contributed by atoms with Crippen molar-refractivity contribution in [2.45, 2.75) is 53.3 Å². The molecule has 1 aliphatic heterocycles. The van der Waals surface area contributed by atoms with Gasteiger partial charge in [0.05, 0.1) is 6.61 Å². The number of ether oxygens (including phenoxy) is 1. The standard InChI is InChI=1S/C19H31N3O/c1-7-23-13-16-11-9-8-10-15(16)12-21-17(20-6)22-14-18(2,3)19(22,4)5/h8-11H,7,12-14H2,1-6H3,(H,20,21). The molecule has 4 nitrogen and oxygen atoms in total. The average molecular weight is 317 g/mol. The average Bonchev–Trinajstić information content (AvgIpc) is 2.53. The highest BCUT2D eigenvalue weighted by Crippen LogP contribution is 2.46. The van der Waals surface area contributed by atoms with E-state index in [1.165, 1.54) is 11.1 Å². The monoisotopic (exact) mass is 317 g/mol. The summed E-state index contributed by atoms with van der Waals surface area (Å²) in [5.74, 6) is 0.973. The molecule has 2 rings (SSSR count). The quantitative estimate of drug-likeness (QED) is 0.668. The minimum Gasteiger partial charge on any atom is -0.377 e. The lowest BCUT2D eigenvalue weighted by atomic mass is 9.65. The number of hydrogen-bond acceptors (Lipinski definition) is 2. The Morgan fingerprint density at radius 3 is 2.39 bits per heavy atom. The molecule has 1 N–H and O–H groups in total. The molecule has 0 aromatic heterocycles. The number of guanidine groups is 1. The van der Waals surface area contributed by atoms with E-state index in [1.807, 2.05) is 14.0 Å². The van der Waals surface area contributed by atoms with Crippen LogP contribution in [0.2, 0.25) is 0 Å². The molecule has 1 aromatic carbocycles. The Hall–Kier alpha value is -1.55. The molecular weight excluding hydrogens is 286 g/mol. The number of nitrogens with one attached hydrogen (secondary N) is 1. The number of hydrogen-bond donors (Lipinski definition) is 1. The van der Waals surface area contributed by atoms with Gasteiger partial charge in [0.25, 0.3) is 0 Å². The van der Waals surface area contributed by atoms with Crippen LogP contribution in [0.3, 0.4) is 0 Å². The highest BCUT2D eigenvalue weighted by atomic mass is 16.5. The SMILES string of the molecule is CCOCc1ccccc1CNC(=NC)N1CC(C)(C)C1(C)C. The van der Waals surface area contributed by atoms with E-state index in [0.717, 1.165) is 25.7 Å². The molecule has 0 spiro atoms. The molecule has 0 unspecified atom stereocenters. The molecule has 0 amide bonds. The van der Waals surface area contributed by atoms with Gasteiger partial charge in [-0.15, -0.1) is 0 Å². The molecule has 23 heavy (non-hydrogen) atoms. The fourth-order valence-electron chi connectivity index (χ4n) is 2.95. The summed E-state index contributed by atoms with van der Waals surface area (Å²) in [5, 5.41) is 3.52. The molecule has 1 aliphatic rings. The van der Waals surface area contributed by atoms with Gasteiger partial charge in [-0.1, -0.05) is 38.1 Å². The molecule has 0 saturated carbocycles. The number of nitrogens with zero attached hydrogens (tertiary/aromatic N) is 2. The van der Waals surface area contributed by atoms with Crippen molar-refractivity contribution in [1.29, 1.82) is 0 Å². The third-order valence-electron chi connectivity index (χ3n) is 5.37. The van der Waals surface area contributed by atoms with Gasteiger partial charge in [0.15, 0.2) is 5.96 Å². The number of benzene rings is 1. The Morgan fingerprint density at radius 1 is 1.22 bits per heavy atom. The molecule has 0 bridgehead atoms. The van der Waals surface area contributed by atoms with Gasteiger partial charge < -0.3 is 15.0 Å². The molecule has 0 atom stereocenters. The van der Waals surface area contributed by atoms with E-state index in [-0.39, 0.29) is 5.54 Å². The third kappa shape index (κ3) is 3.52. The molecule has 128 valence electrons. The highest BCUT2D eigenvalue weighted by molar-refractivity contribution is 5.82. The van der Waals surface area contributed by atoms with Crippen molar-refractivity contribution in [3.8, 4) is 0 Å². The maximum absolute atomic E-state index is 5.57. The number of likely N-dealkylation sites (tertiary alicyclic amines) is 1. The second-order valence-electron chi connectivity index (χ2n) is 7.34. The first-order valence-corrected chi connectivity index (χ1v) is 8.46. The zero-order valence-corrected chi connectivity index (χ0v) is 15.4. The molecule has 1 fully saturated rings. The molecular formula is C19H31N3O. The molecule has 0 radical (unpaired) electrons. The number of aliphatic imine (C=N–C) groups is 1. The Kier molecular flexibility index (Phi) is 5.35. The van der Waals surface area contributed by atoms with Gasteiger partial charge in [-0.2, -0.15) is 0 Å². The van der Waals surface area contributed by atoms with Crippen molar-refractivity contribution in [3.63, 3.8) is 0 Å². The zero-order chi connectivity index (χ0) is 17.1. The predicted molar refractivity (Wildman–Crippen MR) is 96.5 cm³/mol. The van der Waals surface area contributed by atoms with Crippen LogP contribution in [0, 0.1) is 5.41 Å². The maximum Gasteiger partial charge on any atom is 0.194 e. The third-order valence-corrected chi connectivity index (χ3v) is 5.37. The minimum atomic E-state index is 0.111. The van der Waals surface area contributed by atoms with E-state index in [1.54, 1.807) is 0 Å². The Balaban J connectivity index is 2.03. The lowest BCUT2D eigenvalue weighted by molar-refractivity contribution is -0.0668. The van der Waals surface area contributed by atoms with Crippen LogP contribution in [-0.4, -0.2) is 36.6 Å². The van der Waals surface area contributed by atoms with Crippen molar-refractivity contribution in [2.75, 3.05) is 20.2 Å². The van der Waals surface area contributed by atoms with Crippen LogP contribution in [-0.2, 0) is 17.9 Å². The van der Waals surface area contributed by atoms with E-state index in [4.69, 9.17) is 4.74 Å². The summed E-state index contributed by atoms with van der Waals surface area (Å²) >= 11 is 0. The van der Waals surface area contributed by atoms with Gasteiger partial charge in [-0.3, -0.25) is 4.99 Å². The molecule has 1 aromatic rings. The van der Waals surface area contributed by atoms with Crippen molar-refractivity contribution in [3.05, 3.63) is 35.4 Å². The topological polar surface area (TPSA) is 36.9 Å². The Morgan fingerprint density at radius 2 is 1.87 bits per heavy atom. The lowest BCUT2D eigenvalue weighted by Gasteiger charge is -2.62. The highest BCUT2D eigenvalue weighted by Gasteiger charge is 2.53. The fourth-order valence-corrected chi connectivity index (χ4v) is 2.95. The minimum absolute atomic E-state index is 0.111. The summed E-state index contributed by atoms with van der Waals surface area (Å²) in [6, 6.07) is 8.42. The Labute approximate surface area is 140 Å². The van der Waals surface area contributed by atoms with Gasteiger partial charge in [-0.25, -0.2) is 0 Å². The molecule has 0 aliphatic carbocycles. The molecule has 1 saturated heterocycles. The summed E-state index contributed by atoms with van der Waals surface area (Å²) in [4.78, 5) is 6.84. The summed E-state index contributed by atoms with van der Waals surface area (Å²) in [5.41, 5.74) is 2.91. The van der Waals surface area contributed by atoms with Gasteiger partial charge >= 0.3 is 0 Å².